The van der Waals surface area contributed by atoms with Gasteiger partial charge in [-0.2, -0.15) is 0 Å². The zero-order valence-electron chi connectivity index (χ0n) is 24.9. The Morgan fingerprint density at radius 2 is 1.95 bits per heavy atom. The number of fused-ring (bicyclic) bond motifs is 1. The predicted octanol–water partition coefficient (Wildman–Crippen LogP) is 6.34. The highest BCUT2D eigenvalue weighted by Crippen LogP contribution is 2.44. The number of esters is 1. The molecule has 2 fully saturated rings. The Morgan fingerprint density at radius 1 is 1.12 bits per heavy atom. The number of benzene rings is 2. The number of hydrogen-bond acceptors (Lipinski definition) is 7. The molecule has 0 radical (unpaired) electrons. The topological polar surface area (TPSA) is 81.2 Å². The Labute approximate surface area is 247 Å². The van der Waals surface area contributed by atoms with Gasteiger partial charge in [-0.1, -0.05) is 29.8 Å². The normalized spacial score (nSPS) is 21.1. The van der Waals surface area contributed by atoms with Crippen LogP contribution in [0.4, 0.5) is 10.6 Å². The summed E-state index contributed by atoms with van der Waals surface area (Å²) < 4.78 is 17.1. The van der Waals surface area contributed by atoms with Crippen molar-refractivity contribution >= 4 is 17.9 Å². The minimum absolute atomic E-state index is 0.101. The van der Waals surface area contributed by atoms with E-state index < -0.39 is 0 Å². The highest BCUT2D eigenvalue weighted by Gasteiger charge is 2.40. The number of carbonyl (C=O) groups excluding carboxylic acids is 2. The van der Waals surface area contributed by atoms with Crippen molar-refractivity contribution in [3.05, 3.63) is 76.5 Å². The maximum absolute atomic E-state index is 13.3. The van der Waals surface area contributed by atoms with Crippen LogP contribution in [-0.4, -0.2) is 54.8 Å². The molecule has 42 heavy (non-hydrogen) atoms. The van der Waals surface area contributed by atoms with Gasteiger partial charge >= 0.3 is 12.1 Å². The van der Waals surface area contributed by atoms with Crippen LogP contribution in [-0.2, 0) is 27.2 Å². The number of methoxy groups -OCH3 is 1. The Kier molecular flexibility index (Phi) is 7.80. The first-order valence-corrected chi connectivity index (χ1v) is 15.0. The second kappa shape index (κ2) is 11.7. The van der Waals surface area contributed by atoms with Crippen LogP contribution in [0.25, 0.3) is 11.1 Å². The molecule has 8 heteroatoms. The molecule has 0 spiro atoms. The van der Waals surface area contributed by atoms with Crippen LogP contribution in [0.15, 0.2) is 48.5 Å². The third-order valence-corrected chi connectivity index (χ3v) is 8.89. The van der Waals surface area contributed by atoms with Crippen molar-refractivity contribution in [2.45, 2.75) is 71.1 Å². The molecule has 2 saturated heterocycles. The summed E-state index contributed by atoms with van der Waals surface area (Å²) in [5.41, 5.74) is 7.12. The number of ether oxygens (including phenoxy) is 3. The van der Waals surface area contributed by atoms with Crippen LogP contribution in [0, 0.1) is 6.92 Å². The van der Waals surface area contributed by atoms with Crippen molar-refractivity contribution in [3.8, 4) is 16.9 Å². The van der Waals surface area contributed by atoms with Crippen molar-refractivity contribution in [3.63, 3.8) is 0 Å². The van der Waals surface area contributed by atoms with Gasteiger partial charge in [0.2, 0.25) is 0 Å². The van der Waals surface area contributed by atoms with Crippen molar-refractivity contribution in [2.75, 3.05) is 31.7 Å². The average molecular weight is 570 g/mol. The second-order valence-electron chi connectivity index (χ2n) is 11.6. The second-order valence-corrected chi connectivity index (χ2v) is 11.6. The number of aryl methyl sites for hydroxylation is 2. The monoisotopic (exact) mass is 569 g/mol. The van der Waals surface area contributed by atoms with Gasteiger partial charge in [0.25, 0.3) is 0 Å². The fourth-order valence-electron chi connectivity index (χ4n) is 6.48. The molecule has 1 aromatic heterocycles. The van der Waals surface area contributed by atoms with Gasteiger partial charge in [-0.15, -0.1) is 0 Å². The molecule has 3 heterocycles. The molecule has 2 aromatic carbocycles. The zero-order chi connectivity index (χ0) is 29.4. The number of amides is 1. The molecule has 0 bridgehead atoms. The number of pyridine rings is 1. The van der Waals surface area contributed by atoms with Gasteiger partial charge in [0.15, 0.2) is 0 Å². The third kappa shape index (κ3) is 5.30. The lowest BCUT2D eigenvalue weighted by Crippen LogP contribution is -2.38. The third-order valence-electron chi connectivity index (χ3n) is 8.89. The maximum atomic E-state index is 13.3. The summed E-state index contributed by atoms with van der Waals surface area (Å²) >= 11 is 0. The van der Waals surface area contributed by atoms with Gasteiger partial charge in [-0.05, 0) is 86.9 Å². The van der Waals surface area contributed by atoms with Crippen LogP contribution in [0.3, 0.4) is 0 Å². The number of hydrogen-bond donors (Lipinski definition) is 0. The molecule has 2 aliphatic heterocycles. The lowest BCUT2D eigenvalue weighted by atomic mass is 9.92. The molecule has 8 nitrogen and oxygen atoms in total. The number of anilines is 1. The van der Waals surface area contributed by atoms with E-state index >= 15 is 0 Å². The Bertz CT molecular complexity index is 1500. The number of nitrogens with zero attached hydrogens (tertiary/aromatic N) is 3. The summed E-state index contributed by atoms with van der Waals surface area (Å²) in [6, 6.07) is 16.4. The van der Waals surface area contributed by atoms with E-state index in [1.54, 1.807) is 12.0 Å². The van der Waals surface area contributed by atoms with Crippen LogP contribution in [0.1, 0.15) is 73.1 Å². The minimum atomic E-state index is -0.349. The molecule has 1 unspecified atom stereocenters. The van der Waals surface area contributed by atoms with Crippen LogP contribution >= 0.6 is 0 Å². The lowest BCUT2D eigenvalue weighted by Gasteiger charge is -2.33. The molecule has 6 rings (SSSR count). The predicted molar refractivity (Wildman–Crippen MR) is 161 cm³/mol. The van der Waals surface area contributed by atoms with Gasteiger partial charge in [0.1, 0.15) is 17.7 Å². The van der Waals surface area contributed by atoms with Gasteiger partial charge in [0.05, 0.1) is 38.4 Å². The highest BCUT2D eigenvalue weighted by atomic mass is 16.6. The molecule has 0 N–H and O–H groups in total. The van der Waals surface area contributed by atoms with E-state index in [1.165, 1.54) is 5.56 Å². The minimum Gasteiger partial charge on any atom is -0.496 e. The van der Waals surface area contributed by atoms with Gasteiger partial charge in [0, 0.05) is 24.2 Å². The van der Waals surface area contributed by atoms with E-state index in [0.29, 0.717) is 19.6 Å². The SMILES string of the molecule is CCOC(=O)CC1CCc2cc(OC)c(-c3ccc(N4CCC4)nc3CN3C(=O)O[C@H](c4cccc(C)c4)[C@@H]3C)cc21. The molecule has 0 saturated carbocycles. The van der Waals surface area contributed by atoms with Crippen molar-refractivity contribution in [1.82, 2.24) is 9.88 Å². The van der Waals surface area contributed by atoms with Crippen molar-refractivity contribution < 1.29 is 23.8 Å². The van der Waals surface area contributed by atoms with Gasteiger partial charge in [-0.25, -0.2) is 9.78 Å². The van der Waals surface area contributed by atoms with Crippen LogP contribution in [0.2, 0.25) is 0 Å². The van der Waals surface area contributed by atoms with E-state index in [-0.39, 0.29) is 30.1 Å². The lowest BCUT2D eigenvalue weighted by molar-refractivity contribution is -0.143. The van der Waals surface area contributed by atoms with E-state index in [1.807, 2.05) is 39.0 Å². The quantitative estimate of drug-likeness (QED) is 0.278. The number of aromatic nitrogens is 1. The summed E-state index contributed by atoms with van der Waals surface area (Å²) in [5, 5.41) is 0. The summed E-state index contributed by atoms with van der Waals surface area (Å²) in [5.74, 6) is 1.61. The molecule has 1 amide bonds. The van der Waals surface area contributed by atoms with Crippen LogP contribution in [0.5, 0.6) is 5.75 Å². The van der Waals surface area contributed by atoms with Gasteiger partial charge in [-0.3, -0.25) is 9.69 Å². The fraction of sp³-hybridized carbons (Fsp3) is 0.441. The Balaban J connectivity index is 1.37. The molecule has 3 atom stereocenters. The largest absolute Gasteiger partial charge is 0.496 e. The highest BCUT2D eigenvalue weighted by molar-refractivity contribution is 5.78. The zero-order valence-corrected chi connectivity index (χ0v) is 24.9. The van der Waals surface area contributed by atoms with E-state index in [0.717, 1.165) is 77.4 Å². The summed E-state index contributed by atoms with van der Waals surface area (Å²) in [7, 11) is 1.68. The summed E-state index contributed by atoms with van der Waals surface area (Å²) in [4.78, 5) is 34.8. The maximum Gasteiger partial charge on any atom is 0.411 e. The molecule has 1 aliphatic carbocycles. The molecular formula is C34H39N3O5. The Morgan fingerprint density at radius 3 is 2.67 bits per heavy atom. The first-order chi connectivity index (χ1) is 20.4. The molecule has 3 aromatic rings. The van der Waals surface area contributed by atoms with E-state index in [4.69, 9.17) is 19.2 Å². The fourth-order valence-corrected chi connectivity index (χ4v) is 6.48. The summed E-state index contributed by atoms with van der Waals surface area (Å²) in [6.45, 7) is 8.55. The first-order valence-electron chi connectivity index (χ1n) is 15.0. The average Bonchev–Trinajstić information content (AvgIpc) is 3.46. The van der Waals surface area contributed by atoms with Crippen molar-refractivity contribution in [2.24, 2.45) is 0 Å². The molecular weight excluding hydrogens is 530 g/mol. The van der Waals surface area contributed by atoms with Crippen molar-refractivity contribution in [1.29, 1.82) is 0 Å². The standard InChI is InChI=1S/C34H39N3O5/c1-5-41-32(38)18-24-11-10-23-17-30(40-4)28(19-27(23)24)26-12-13-31(36-14-7-15-36)35-29(26)20-37-22(3)33(42-34(37)39)25-9-6-8-21(2)16-25/h6,8-9,12-13,16-17,19,22,24,33H,5,7,10-11,14-15,18,20H2,1-4H3/t22-,24?,33-/m0/s1. The smallest absolute Gasteiger partial charge is 0.411 e. The van der Waals surface area contributed by atoms with E-state index in [2.05, 4.69) is 35.2 Å². The molecule has 220 valence electrons. The number of carbonyl (C=O) groups is 2. The summed E-state index contributed by atoms with van der Waals surface area (Å²) in [6.07, 6.45) is 2.61. The van der Waals surface area contributed by atoms with Gasteiger partial charge < -0.3 is 19.1 Å². The Hall–Kier alpha value is -4.07. The first kappa shape index (κ1) is 28.1. The number of cyclic esters (lactones) is 1. The van der Waals surface area contributed by atoms with Crippen LogP contribution < -0.4 is 9.64 Å². The van der Waals surface area contributed by atoms with E-state index in [9.17, 15) is 9.59 Å². The molecule has 3 aliphatic rings. The number of rotatable bonds is 9.